The molecule has 0 fully saturated rings. The van der Waals surface area contributed by atoms with Gasteiger partial charge in [0.15, 0.2) is 5.13 Å². The Bertz CT molecular complexity index is 1110. The number of nitrogens with two attached hydrogens (primary N) is 1. The molecule has 0 aliphatic heterocycles. The molecule has 4 aromatic rings. The highest BCUT2D eigenvalue weighted by Gasteiger charge is 2.11. The fourth-order valence-electron chi connectivity index (χ4n) is 2.74. The summed E-state index contributed by atoms with van der Waals surface area (Å²) in [5.74, 6) is 0.0698. The third kappa shape index (κ3) is 3.12. The Kier molecular flexibility index (Phi) is 4.06. The minimum Gasteiger partial charge on any atom is -0.368 e. The maximum atomic E-state index is 12.5. The molecular formula is C19H15N5OS. The molecule has 6 nitrogen and oxygen atoms in total. The number of fused-ring (bicyclic) bond motifs is 1. The third-order valence-corrected chi connectivity index (χ3v) is 4.75. The predicted octanol–water partition coefficient (Wildman–Crippen LogP) is 3.90. The maximum absolute atomic E-state index is 12.5. The average molecular weight is 361 g/mol. The Morgan fingerprint density at radius 1 is 1.15 bits per heavy atom. The number of nitrogens with one attached hydrogen (secondary N) is 1. The molecule has 0 saturated heterocycles. The normalized spacial score (nSPS) is 10.8. The van der Waals surface area contributed by atoms with Crippen LogP contribution in [0.1, 0.15) is 15.9 Å². The molecule has 0 unspecified atom stereocenters. The van der Waals surface area contributed by atoms with E-state index in [1.807, 2.05) is 48.7 Å². The van der Waals surface area contributed by atoms with E-state index in [0.717, 1.165) is 27.6 Å². The van der Waals surface area contributed by atoms with Crippen LogP contribution in [-0.2, 0) is 0 Å². The van der Waals surface area contributed by atoms with Crippen molar-refractivity contribution in [1.29, 1.82) is 0 Å². The van der Waals surface area contributed by atoms with Crippen molar-refractivity contribution in [3.63, 3.8) is 0 Å². The summed E-state index contributed by atoms with van der Waals surface area (Å²) in [6, 6.07) is 11.5. The van der Waals surface area contributed by atoms with Gasteiger partial charge in [-0.25, -0.2) is 15.0 Å². The van der Waals surface area contributed by atoms with Crippen molar-refractivity contribution in [2.45, 2.75) is 6.92 Å². The smallest absolute Gasteiger partial charge is 0.257 e. The Labute approximate surface area is 153 Å². The number of nitrogen functional groups attached to an aromatic ring is 1. The highest BCUT2D eigenvalue weighted by atomic mass is 32.1. The second-order valence-electron chi connectivity index (χ2n) is 5.82. The molecule has 3 N–H and O–H groups in total. The SMILES string of the molecule is Cc1ccc(C(=O)Nc2nccs2)cc1-c1ccc2nc(N)ncc2c1. The molecule has 0 aliphatic carbocycles. The average Bonchev–Trinajstić information content (AvgIpc) is 3.14. The number of nitrogens with zero attached hydrogens (tertiary/aromatic N) is 3. The second-order valence-corrected chi connectivity index (χ2v) is 6.72. The van der Waals surface area contributed by atoms with E-state index in [2.05, 4.69) is 20.3 Å². The van der Waals surface area contributed by atoms with Crippen LogP contribution in [-0.4, -0.2) is 20.9 Å². The first-order valence-corrected chi connectivity index (χ1v) is 8.82. The van der Waals surface area contributed by atoms with Crippen LogP contribution in [0, 0.1) is 6.92 Å². The summed E-state index contributed by atoms with van der Waals surface area (Å²) in [5.41, 5.74) is 10.1. The molecule has 0 saturated carbocycles. The summed E-state index contributed by atoms with van der Waals surface area (Å²) >= 11 is 1.39. The van der Waals surface area contributed by atoms with Crippen molar-refractivity contribution >= 4 is 39.2 Å². The molecule has 128 valence electrons. The van der Waals surface area contributed by atoms with Crippen LogP contribution in [0.4, 0.5) is 11.1 Å². The number of amides is 1. The van der Waals surface area contributed by atoms with E-state index in [4.69, 9.17) is 5.73 Å². The van der Waals surface area contributed by atoms with Gasteiger partial charge in [0.2, 0.25) is 5.95 Å². The Morgan fingerprint density at radius 3 is 2.85 bits per heavy atom. The van der Waals surface area contributed by atoms with Crippen LogP contribution in [0.3, 0.4) is 0 Å². The van der Waals surface area contributed by atoms with Gasteiger partial charge in [-0.2, -0.15) is 0 Å². The Balaban J connectivity index is 1.72. The van der Waals surface area contributed by atoms with Gasteiger partial charge in [0.05, 0.1) is 5.52 Å². The Hall–Kier alpha value is -3.32. The molecule has 0 radical (unpaired) electrons. The molecule has 0 bridgehead atoms. The minimum absolute atomic E-state index is 0.182. The zero-order valence-electron chi connectivity index (χ0n) is 13.9. The summed E-state index contributed by atoms with van der Waals surface area (Å²) in [4.78, 5) is 24.8. The monoisotopic (exact) mass is 361 g/mol. The van der Waals surface area contributed by atoms with Crippen molar-refractivity contribution < 1.29 is 4.79 Å². The standard InChI is InChI=1S/C19H15N5OS/c1-11-2-3-13(17(25)24-19-21-6-7-26-19)9-15(11)12-4-5-16-14(8-12)10-22-18(20)23-16/h2-10H,1H3,(H2,20,22,23)(H,21,24,25). The van der Waals surface area contributed by atoms with Gasteiger partial charge in [0.25, 0.3) is 5.91 Å². The van der Waals surface area contributed by atoms with Crippen molar-refractivity contribution in [2.24, 2.45) is 0 Å². The number of hydrogen-bond donors (Lipinski definition) is 2. The number of hydrogen-bond acceptors (Lipinski definition) is 6. The lowest BCUT2D eigenvalue weighted by molar-refractivity contribution is 0.102. The first-order chi connectivity index (χ1) is 12.6. The maximum Gasteiger partial charge on any atom is 0.257 e. The van der Waals surface area contributed by atoms with Crippen LogP contribution >= 0.6 is 11.3 Å². The van der Waals surface area contributed by atoms with E-state index in [1.165, 1.54) is 11.3 Å². The molecule has 0 spiro atoms. The predicted molar refractivity (Wildman–Crippen MR) is 104 cm³/mol. The number of benzene rings is 2. The molecule has 7 heteroatoms. The number of thiazole rings is 1. The number of aryl methyl sites for hydroxylation is 1. The molecule has 2 aromatic carbocycles. The summed E-state index contributed by atoms with van der Waals surface area (Å²) in [6.45, 7) is 2.02. The van der Waals surface area contributed by atoms with E-state index in [-0.39, 0.29) is 11.9 Å². The third-order valence-electron chi connectivity index (χ3n) is 4.06. The van der Waals surface area contributed by atoms with Gasteiger partial charge in [-0.15, -0.1) is 11.3 Å². The van der Waals surface area contributed by atoms with Crippen LogP contribution in [0.5, 0.6) is 0 Å². The van der Waals surface area contributed by atoms with Gasteiger partial charge in [-0.05, 0) is 47.9 Å². The molecule has 0 aliphatic rings. The fraction of sp³-hybridized carbons (Fsp3) is 0.0526. The van der Waals surface area contributed by atoms with Gasteiger partial charge < -0.3 is 5.73 Å². The van der Waals surface area contributed by atoms with Crippen molar-refractivity contribution in [3.05, 3.63) is 65.3 Å². The summed E-state index contributed by atoms with van der Waals surface area (Å²) in [6.07, 6.45) is 3.36. The minimum atomic E-state index is -0.182. The van der Waals surface area contributed by atoms with E-state index in [9.17, 15) is 4.79 Å². The molecular weight excluding hydrogens is 346 g/mol. The second kappa shape index (κ2) is 6.53. The first kappa shape index (κ1) is 16.2. The molecule has 2 aromatic heterocycles. The van der Waals surface area contributed by atoms with Gasteiger partial charge >= 0.3 is 0 Å². The number of aromatic nitrogens is 3. The van der Waals surface area contributed by atoms with Crippen molar-refractivity contribution in [3.8, 4) is 11.1 Å². The van der Waals surface area contributed by atoms with Crippen LogP contribution in [0.15, 0.2) is 54.2 Å². The number of anilines is 2. The Morgan fingerprint density at radius 2 is 2.04 bits per heavy atom. The summed E-state index contributed by atoms with van der Waals surface area (Å²) in [5, 5.41) is 6.10. The molecule has 2 heterocycles. The van der Waals surface area contributed by atoms with Crippen molar-refractivity contribution in [1.82, 2.24) is 15.0 Å². The lowest BCUT2D eigenvalue weighted by atomic mass is 9.97. The van der Waals surface area contributed by atoms with E-state index in [0.29, 0.717) is 10.7 Å². The molecule has 4 rings (SSSR count). The lowest BCUT2D eigenvalue weighted by Crippen LogP contribution is -2.11. The van der Waals surface area contributed by atoms with Crippen LogP contribution in [0.2, 0.25) is 0 Å². The molecule has 26 heavy (non-hydrogen) atoms. The quantitative estimate of drug-likeness (QED) is 0.577. The van der Waals surface area contributed by atoms with Crippen molar-refractivity contribution in [2.75, 3.05) is 11.1 Å². The lowest BCUT2D eigenvalue weighted by Gasteiger charge is -2.10. The zero-order chi connectivity index (χ0) is 18.1. The van der Waals surface area contributed by atoms with Crippen LogP contribution < -0.4 is 11.1 Å². The molecule has 1 amide bonds. The summed E-state index contributed by atoms with van der Waals surface area (Å²) < 4.78 is 0. The van der Waals surface area contributed by atoms with E-state index >= 15 is 0 Å². The van der Waals surface area contributed by atoms with Crippen LogP contribution in [0.25, 0.3) is 22.0 Å². The number of carbonyl (C=O) groups excluding carboxylic acids is 1. The van der Waals surface area contributed by atoms with E-state index < -0.39 is 0 Å². The summed E-state index contributed by atoms with van der Waals surface area (Å²) in [7, 11) is 0. The van der Waals surface area contributed by atoms with E-state index in [1.54, 1.807) is 12.4 Å². The van der Waals surface area contributed by atoms with Gasteiger partial charge in [0.1, 0.15) is 0 Å². The van der Waals surface area contributed by atoms with Gasteiger partial charge in [-0.1, -0.05) is 12.1 Å². The topological polar surface area (TPSA) is 93.8 Å². The largest absolute Gasteiger partial charge is 0.368 e. The number of rotatable bonds is 3. The fourth-order valence-corrected chi connectivity index (χ4v) is 3.27. The van der Waals surface area contributed by atoms with Gasteiger partial charge in [-0.3, -0.25) is 10.1 Å². The highest BCUT2D eigenvalue weighted by molar-refractivity contribution is 7.13. The number of carbonyl (C=O) groups is 1. The zero-order valence-corrected chi connectivity index (χ0v) is 14.7. The highest BCUT2D eigenvalue weighted by Crippen LogP contribution is 2.28. The first-order valence-electron chi connectivity index (χ1n) is 7.94. The van der Waals surface area contributed by atoms with Gasteiger partial charge in [0, 0.05) is 28.7 Å². The molecule has 0 atom stereocenters.